The second-order valence-corrected chi connectivity index (χ2v) is 3.13. The van der Waals surface area contributed by atoms with Crippen molar-refractivity contribution < 1.29 is 18.3 Å². The molecule has 1 unspecified atom stereocenters. The summed E-state index contributed by atoms with van der Waals surface area (Å²) in [6.45, 7) is 0.307. The first-order valence-corrected chi connectivity index (χ1v) is 4.27. The van der Waals surface area contributed by atoms with E-state index in [1.165, 1.54) is 7.11 Å². The van der Waals surface area contributed by atoms with Crippen LogP contribution in [0.2, 0.25) is 0 Å². The highest BCUT2D eigenvalue weighted by atomic mass is 35.5. The zero-order chi connectivity index (χ0) is 11.2. The molecule has 0 aliphatic heterocycles. The van der Waals surface area contributed by atoms with Crippen LogP contribution in [-0.2, 0) is 9.53 Å². The zero-order valence-corrected chi connectivity index (χ0v) is 9.57. The van der Waals surface area contributed by atoms with Crippen molar-refractivity contribution in [2.45, 2.75) is 12.8 Å². The summed E-state index contributed by atoms with van der Waals surface area (Å²) >= 11 is 0. The summed E-state index contributed by atoms with van der Waals surface area (Å²) in [6.07, 6.45) is 0. The molecular weight excluding hydrogens is 230 g/mol. The molecule has 0 heterocycles. The van der Waals surface area contributed by atoms with Crippen molar-refractivity contribution in [2.75, 3.05) is 26.8 Å². The average Bonchev–Trinajstić information content (AvgIpc) is 2.15. The van der Waals surface area contributed by atoms with Gasteiger partial charge in [-0.15, -0.1) is 12.4 Å². The number of carbonyl (C=O) groups excluding carboxylic acids is 1. The number of carbonyl (C=O) groups is 1. The predicted octanol–water partition coefficient (Wildman–Crippen LogP) is 0.401. The lowest BCUT2D eigenvalue weighted by Crippen LogP contribution is -2.43. The van der Waals surface area contributed by atoms with Crippen molar-refractivity contribution in [3.63, 3.8) is 0 Å². The van der Waals surface area contributed by atoms with Gasteiger partial charge >= 0.3 is 0 Å². The van der Waals surface area contributed by atoms with Crippen LogP contribution < -0.4 is 11.1 Å². The topological polar surface area (TPSA) is 64.3 Å². The summed E-state index contributed by atoms with van der Waals surface area (Å²) in [5, 5.41) is 2.11. The molecule has 92 valence electrons. The van der Waals surface area contributed by atoms with E-state index < -0.39 is 30.8 Å². The molecule has 0 aliphatic carbocycles. The molecule has 0 aromatic heterocycles. The number of hydrogen-bond acceptors (Lipinski definition) is 3. The van der Waals surface area contributed by atoms with E-state index in [9.17, 15) is 13.6 Å². The van der Waals surface area contributed by atoms with Gasteiger partial charge in [0.05, 0.1) is 25.6 Å². The Morgan fingerprint density at radius 2 is 2.13 bits per heavy atom. The SMILES string of the molecule is COCC(C)C(=O)NCC(F)(F)CN.Cl. The van der Waals surface area contributed by atoms with Crippen LogP contribution in [0.25, 0.3) is 0 Å². The minimum absolute atomic E-state index is 0. The van der Waals surface area contributed by atoms with Crippen LogP contribution in [0.4, 0.5) is 8.78 Å². The van der Waals surface area contributed by atoms with Gasteiger partial charge in [0, 0.05) is 7.11 Å². The first-order chi connectivity index (χ1) is 6.43. The molecule has 0 aliphatic rings. The predicted molar refractivity (Wildman–Crippen MR) is 55.3 cm³/mol. The van der Waals surface area contributed by atoms with Gasteiger partial charge in [-0.1, -0.05) is 6.92 Å². The number of rotatable bonds is 6. The van der Waals surface area contributed by atoms with Crippen LogP contribution in [0.5, 0.6) is 0 Å². The van der Waals surface area contributed by atoms with Gasteiger partial charge in [-0.3, -0.25) is 4.79 Å². The van der Waals surface area contributed by atoms with E-state index in [1.807, 2.05) is 0 Å². The summed E-state index contributed by atoms with van der Waals surface area (Å²) in [5.74, 6) is -3.93. The number of ether oxygens (including phenoxy) is 1. The standard InChI is InChI=1S/C8H16F2N2O2.ClH/c1-6(3-14-2)7(13)12-5-8(9,10)4-11;/h6H,3-5,11H2,1-2H3,(H,12,13);1H. The maximum Gasteiger partial charge on any atom is 0.277 e. The lowest BCUT2D eigenvalue weighted by atomic mass is 10.2. The molecular formula is C8H17ClF2N2O2. The van der Waals surface area contributed by atoms with Crippen molar-refractivity contribution >= 4 is 18.3 Å². The van der Waals surface area contributed by atoms with Crippen molar-refractivity contribution in [1.82, 2.24) is 5.32 Å². The van der Waals surface area contributed by atoms with Crippen LogP contribution in [0.15, 0.2) is 0 Å². The van der Waals surface area contributed by atoms with Crippen LogP contribution in [-0.4, -0.2) is 38.6 Å². The third-order valence-corrected chi connectivity index (χ3v) is 1.68. The fraction of sp³-hybridized carbons (Fsp3) is 0.875. The molecule has 0 aromatic carbocycles. The molecule has 1 atom stereocenters. The van der Waals surface area contributed by atoms with Crippen LogP contribution in [0.3, 0.4) is 0 Å². The van der Waals surface area contributed by atoms with E-state index in [-0.39, 0.29) is 19.0 Å². The second-order valence-electron chi connectivity index (χ2n) is 3.13. The van der Waals surface area contributed by atoms with Crippen LogP contribution in [0, 0.1) is 5.92 Å². The number of amides is 1. The van der Waals surface area contributed by atoms with Crippen molar-refractivity contribution in [1.29, 1.82) is 0 Å². The minimum Gasteiger partial charge on any atom is -0.384 e. The smallest absolute Gasteiger partial charge is 0.277 e. The fourth-order valence-electron chi connectivity index (χ4n) is 0.789. The largest absolute Gasteiger partial charge is 0.384 e. The Kier molecular flexibility index (Phi) is 8.80. The van der Waals surface area contributed by atoms with Crippen molar-refractivity contribution in [3.8, 4) is 0 Å². The first-order valence-electron chi connectivity index (χ1n) is 4.27. The molecule has 0 aromatic rings. The van der Waals surface area contributed by atoms with Gasteiger partial charge in [-0.05, 0) is 0 Å². The molecule has 0 bridgehead atoms. The minimum atomic E-state index is -3.04. The molecule has 0 saturated heterocycles. The van der Waals surface area contributed by atoms with Gasteiger partial charge in [0.25, 0.3) is 5.92 Å². The number of halogens is 3. The molecule has 4 nitrogen and oxygen atoms in total. The molecule has 0 spiro atoms. The number of methoxy groups -OCH3 is 1. The number of hydrogen-bond donors (Lipinski definition) is 2. The maximum absolute atomic E-state index is 12.6. The lowest BCUT2D eigenvalue weighted by Gasteiger charge is -2.16. The van der Waals surface area contributed by atoms with Crippen molar-refractivity contribution in [3.05, 3.63) is 0 Å². The average molecular weight is 247 g/mol. The molecule has 3 N–H and O–H groups in total. The quantitative estimate of drug-likeness (QED) is 0.713. The second kappa shape index (κ2) is 7.78. The van der Waals surface area contributed by atoms with Crippen LogP contribution >= 0.6 is 12.4 Å². The van der Waals surface area contributed by atoms with Crippen LogP contribution in [0.1, 0.15) is 6.92 Å². The fourth-order valence-corrected chi connectivity index (χ4v) is 0.789. The Morgan fingerprint density at radius 1 is 1.60 bits per heavy atom. The summed E-state index contributed by atoms with van der Waals surface area (Å²) in [6, 6.07) is 0. The van der Waals surface area contributed by atoms with Gasteiger partial charge in [-0.2, -0.15) is 0 Å². The molecule has 1 amide bonds. The Labute approximate surface area is 93.9 Å². The summed E-state index contributed by atoms with van der Waals surface area (Å²) < 4.78 is 29.9. The van der Waals surface area contributed by atoms with E-state index in [0.717, 1.165) is 0 Å². The molecule has 0 radical (unpaired) electrons. The number of nitrogens with one attached hydrogen (secondary N) is 1. The molecule has 15 heavy (non-hydrogen) atoms. The third kappa shape index (κ3) is 7.47. The highest BCUT2D eigenvalue weighted by molar-refractivity contribution is 5.85. The summed E-state index contributed by atoms with van der Waals surface area (Å²) in [7, 11) is 1.44. The third-order valence-electron chi connectivity index (χ3n) is 1.68. The first kappa shape index (κ1) is 17.0. The monoisotopic (exact) mass is 246 g/mol. The van der Waals surface area contributed by atoms with Gasteiger partial charge in [-0.25, -0.2) is 8.78 Å². The molecule has 0 fully saturated rings. The Morgan fingerprint density at radius 3 is 2.53 bits per heavy atom. The van der Waals surface area contributed by atoms with E-state index in [2.05, 4.69) is 5.32 Å². The highest BCUT2D eigenvalue weighted by Crippen LogP contribution is 2.09. The maximum atomic E-state index is 12.6. The van der Waals surface area contributed by atoms with E-state index in [4.69, 9.17) is 10.5 Å². The van der Waals surface area contributed by atoms with Gasteiger partial charge in [0.1, 0.15) is 0 Å². The van der Waals surface area contributed by atoms with Gasteiger partial charge in [0.2, 0.25) is 5.91 Å². The van der Waals surface area contributed by atoms with E-state index >= 15 is 0 Å². The Bertz CT molecular complexity index is 193. The zero-order valence-electron chi connectivity index (χ0n) is 8.76. The van der Waals surface area contributed by atoms with E-state index in [1.54, 1.807) is 6.92 Å². The Hall–Kier alpha value is -0.460. The van der Waals surface area contributed by atoms with Crippen molar-refractivity contribution in [2.24, 2.45) is 11.7 Å². The molecule has 7 heteroatoms. The van der Waals surface area contributed by atoms with Gasteiger partial charge in [0.15, 0.2) is 0 Å². The van der Waals surface area contributed by atoms with Gasteiger partial charge < -0.3 is 15.8 Å². The normalized spacial score (nSPS) is 12.9. The number of alkyl halides is 2. The Balaban J connectivity index is 0. The molecule has 0 rings (SSSR count). The summed E-state index contributed by atoms with van der Waals surface area (Å²) in [5.41, 5.74) is 4.80. The molecule has 0 saturated carbocycles. The number of nitrogens with two attached hydrogens (primary N) is 1. The highest BCUT2D eigenvalue weighted by Gasteiger charge is 2.27. The van der Waals surface area contributed by atoms with E-state index in [0.29, 0.717) is 0 Å². The summed E-state index contributed by atoms with van der Waals surface area (Å²) in [4.78, 5) is 11.1. The lowest BCUT2D eigenvalue weighted by molar-refractivity contribution is -0.127.